The number of benzene rings is 3. The molecule has 2 fully saturated rings. The normalized spacial score (nSPS) is 17.6. The third-order valence-corrected chi connectivity index (χ3v) is 7.73. The number of anilines is 1. The number of aliphatic hydroxyl groups is 1. The second kappa shape index (κ2) is 13.1. The Labute approximate surface area is 234 Å². The second-order valence-corrected chi connectivity index (χ2v) is 10.3. The molecule has 9 heteroatoms. The Morgan fingerprint density at radius 3 is 2.12 bits per heavy atom. The number of carbonyl (C=O) groups is 2. The molecule has 2 aliphatic rings. The lowest BCUT2D eigenvalue weighted by Gasteiger charge is -2.33. The van der Waals surface area contributed by atoms with Gasteiger partial charge in [0.15, 0.2) is 0 Å². The number of nitrogens with zero attached hydrogens (tertiary/aromatic N) is 3. The first kappa shape index (κ1) is 27.8. The molecule has 0 spiro atoms. The molecule has 1 atom stereocenters. The van der Waals surface area contributed by atoms with Crippen LogP contribution in [0.1, 0.15) is 34.3 Å². The van der Waals surface area contributed by atoms with Crippen LogP contribution in [0.4, 0.5) is 10.5 Å². The predicted molar refractivity (Wildman–Crippen MR) is 152 cm³/mol. The minimum absolute atomic E-state index is 0.0966. The monoisotopic (exact) mass is 544 g/mol. The lowest BCUT2D eigenvalue weighted by Crippen LogP contribution is -2.48. The van der Waals surface area contributed by atoms with Crippen LogP contribution in [-0.2, 0) is 17.8 Å². The zero-order valence-corrected chi connectivity index (χ0v) is 22.5. The summed E-state index contributed by atoms with van der Waals surface area (Å²) in [5.41, 5.74) is 6.99. The summed E-state index contributed by atoms with van der Waals surface area (Å²) in [6.07, 6.45) is 2.19. The van der Waals surface area contributed by atoms with Gasteiger partial charge in [-0.1, -0.05) is 48.5 Å². The number of hydroxylamine groups is 1. The van der Waals surface area contributed by atoms with Crippen molar-refractivity contribution in [3.05, 3.63) is 89.5 Å². The molecular formula is C31H36N4O5. The maximum absolute atomic E-state index is 13.6. The van der Waals surface area contributed by atoms with Crippen LogP contribution in [-0.4, -0.2) is 77.5 Å². The van der Waals surface area contributed by atoms with E-state index in [1.807, 2.05) is 24.3 Å². The first-order valence-corrected chi connectivity index (χ1v) is 13.8. The van der Waals surface area contributed by atoms with Crippen molar-refractivity contribution < 1.29 is 24.6 Å². The van der Waals surface area contributed by atoms with Gasteiger partial charge in [-0.3, -0.25) is 19.8 Å². The summed E-state index contributed by atoms with van der Waals surface area (Å²) < 4.78 is 5.44. The lowest BCUT2D eigenvalue weighted by molar-refractivity contribution is 0.0548. The van der Waals surface area contributed by atoms with Gasteiger partial charge in [-0.25, -0.2) is 10.3 Å². The topological polar surface area (TPSA) is 106 Å². The van der Waals surface area contributed by atoms with Crippen LogP contribution in [0.2, 0.25) is 0 Å². The largest absolute Gasteiger partial charge is 0.395 e. The number of rotatable bonds is 8. The Kier molecular flexibility index (Phi) is 9.08. The molecule has 0 bridgehead atoms. The highest BCUT2D eigenvalue weighted by Crippen LogP contribution is 2.27. The summed E-state index contributed by atoms with van der Waals surface area (Å²) >= 11 is 0. The number of aliphatic hydroxyl groups excluding tert-OH is 1. The van der Waals surface area contributed by atoms with E-state index in [1.54, 1.807) is 39.5 Å². The molecule has 2 aliphatic heterocycles. The number of hydrogen-bond donors (Lipinski definition) is 3. The molecule has 0 saturated carbocycles. The smallest absolute Gasteiger partial charge is 0.324 e. The average Bonchev–Trinajstić information content (AvgIpc) is 3.47. The molecule has 0 aromatic heterocycles. The second-order valence-electron chi connectivity index (χ2n) is 10.3. The van der Waals surface area contributed by atoms with Gasteiger partial charge in [0, 0.05) is 36.9 Å². The molecule has 5 rings (SSSR count). The SMILES string of the molecule is O=C(NO)c1ccc(CN(C(=O)N2CCOCC2)c2ccc(-c3ccc(CN4CCCC4CO)cc3)cc2)cc1. The molecule has 40 heavy (non-hydrogen) atoms. The minimum atomic E-state index is -0.582. The molecule has 3 aromatic carbocycles. The summed E-state index contributed by atoms with van der Waals surface area (Å²) in [5, 5.41) is 18.5. The average molecular weight is 545 g/mol. The first-order valence-electron chi connectivity index (χ1n) is 13.8. The molecule has 3 amide bonds. The summed E-state index contributed by atoms with van der Waals surface area (Å²) in [6, 6.07) is 23.5. The molecule has 3 N–H and O–H groups in total. The van der Waals surface area contributed by atoms with Gasteiger partial charge in [0.1, 0.15) is 0 Å². The number of nitrogens with one attached hydrogen (secondary N) is 1. The van der Waals surface area contributed by atoms with Crippen LogP contribution in [0.25, 0.3) is 11.1 Å². The fourth-order valence-electron chi connectivity index (χ4n) is 5.38. The van der Waals surface area contributed by atoms with E-state index in [0.29, 0.717) is 38.4 Å². The van der Waals surface area contributed by atoms with Gasteiger partial charge in [-0.05, 0) is 65.9 Å². The third-order valence-electron chi connectivity index (χ3n) is 7.73. The maximum atomic E-state index is 13.6. The highest BCUT2D eigenvalue weighted by atomic mass is 16.5. The van der Waals surface area contributed by atoms with Crippen LogP contribution < -0.4 is 10.4 Å². The zero-order valence-electron chi connectivity index (χ0n) is 22.5. The van der Waals surface area contributed by atoms with E-state index in [1.165, 1.54) is 5.56 Å². The number of hydrogen-bond acceptors (Lipinski definition) is 6. The standard InChI is InChI=1S/C31H36N4O5/c36-22-29-2-1-15-34(29)20-23-3-7-25(8-4-23)26-11-13-28(14-12-26)35(31(38)33-16-18-40-19-17-33)21-24-5-9-27(10-6-24)30(37)32-39/h3-14,29,36,39H,1-2,15-22H2,(H,32,37). The Morgan fingerprint density at radius 2 is 1.50 bits per heavy atom. The maximum Gasteiger partial charge on any atom is 0.324 e. The Bertz CT molecular complexity index is 1270. The molecule has 9 nitrogen and oxygen atoms in total. The number of urea groups is 1. The van der Waals surface area contributed by atoms with Gasteiger partial charge in [0.05, 0.1) is 26.4 Å². The number of likely N-dealkylation sites (tertiary alicyclic amines) is 1. The van der Waals surface area contributed by atoms with E-state index in [0.717, 1.165) is 48.3 Å². The van der Waals surface area contributed by atoms with Crippen molar-refractivity contribution in [1.29, 1.82) is 0 Å². The summed E-state index contributed by atoms with van der Waals surface area (Å²) in [7, 11) is 0. The molecule has 3 aromatic rings. The van der Waals surface area contributed by atoms with Crippen LogP contribution in [0, 0.1) is 0 Å². The van der Waals surface area contributed by atoms with E-state index in [-0.39, 0.29) is 18.7 Å². The lowest BCUT2D eigenvalue weighted by atomic mass is 10.0. The van der Waals surface area contributed by atoms with Gasteiger partial charge in [0.25, 0.3) is 5.91 Å². The highest BCUT2D eigenvalue weighted by molar-refractivity contribution is 5.94. The molecule has 2 saturated heterocycles. The molecule has 210 valence electrons. The van der Waals surface area contributed by atoms with Gasteiger partial charge in [-0.2, -0.15) is 0 Å². The fourth-order valence-corrected chi connectivity index (χ4v) is 5.38. The highest BCUT2D eigenvalue weighted by Gasteiger charge is 2.25. The van der Waals surface area contributed by atoms with Crippen molar-refractivity contribution in [3.63, 3.8) is 0 Å². The van der Waals surface area contributed by atoms with Crippen LogP contribution in [0.15, 0.2) is 72.8 Å². The van der Waals surface area contributed by atoms with E-state index in [4.69, 9.17) is 9.94 Å². The van der Waals surface area contributed by atoms with Crippen molar-refractivity contribution in [2.45, 2.75) is 32.0 Å². The number of morpholine rings is 1. The fraction of sp³-hybridized carbons (Fsp3) is 0.355. The van der Waals surface area contributed by atoms with Crippen molar-refractivity contribution in [1.82, 2.24) is 15.3 Å². The summed E-state index contributed by atoms with van der Waals surface area (Å²) in [6.45, 7) is 4.50. The third kappa shape index (κ3) is 6.51. The van der Waals surface area contributed by atoms with Gasteiger partial charge in [-0.15, -0.1) is 0 Å². The number of carbonyl (C=O) groups excluding carboxylic acids is 2. The Morgan fingerprint density at radius 1 is 0.875 bits per heavy atom. The number of ether oxygens (including phenoxy) is 1. The van der Waals surface area contributed by atoms with Crippen LogP contribution >= 0.6 is 0 Å². The molecule has 0 radical (unpaired) electrons. The molecule has 1 unspecified atom stereocenters. The predicted octanol–water partition coefficient (Wildman–Crippen LogP) is 3.89. The molecule has 0 aliphatic carbocycles. The quantitative estimate of drug-likeness (QED) is 0.294. The van der Waals surface area contributed by atoms with Crippen LogP contribution in [0.3, 0.4) is 0 Å². The first-order chi connectivity index (χ1) is 19.6. The number of amides is 3. The summed E-state index contributed by atoms with van der Waals surface area (Å²) in [4.78, 5) is 31.2. The molecular weight excluding hydrogens is 508 g/mol. The zero-order chi connectivity index (χ0) is 27.9. The van der Waals surface area contributed by atoms with E-state index in [9.17, 15) is 14.7 Å². The minimum Gasteiger partial charge on any atom is -0.395 e. The summed E-state index contributed by atoms with van der Waals surface area (Å²) in [5.74, 6) is -0.582. The van der Waals surface area contributed by atoms with Crippen molar-refractivity contribution in [2.75, 3.05) is 44.4 Å². The Balaban J connectivity index is 1.32. The van der Waals surface area contributed by atoms with Gasteiger partial charge < -0.3 is 14.7 Å². The van der Waals surface area contributed by atoms with Crippen molar-refractivity contribution >= 4 is 17.6 Å². The van der Waals surface area contributed by atoms with Crippen LogP contribution in [0.5, 0.6) is 0 Å². The van der Waals surface area contributed by atoms with Crippen molar-refractivity contribution in [2.24, 2.45) is 0 Å². The van der Waals surface area contributed by atoms with E-state index < -0.39 is 5.91 Å². The van der Waals surface area contributed by atoms with E-state index in [2.05, 4.69) is 29.2 Å². The Hall–Kier alpha value is -3.76. The molecule has 2 heterocycles. The van der Waals surface area contributed by atoms with Gasteiger partial charge >= 0.3 is 6.03 Å². The van der Waals surface area contributed by atoms with Gasteiger partial charge in [0.2, 0.25) is 0 Å². The van der Waals surface area contributed by atoms with E-state index >= 15 is 0 Å². The van der Waals surface area contributed by atoms with Crippen molar-refractivity contribution in [3.8, 4) is 11.1 Å².